The molecule has 0 saturated carbocycles. The lowest BCUT2D eigenvalue weighted by Gasteiger charge is -2.22. The summed E-state index contributed by atoms with van der Waals surface area (Å²) in [6.07, 6.45) is 10.6. The number of aromatic nitrogens is 1. The number of carbonyl (C=O) groups is 2. The highest BCUT2D eigenvalue weighted by atomic mass is 16.5. The summed E-state index contributed by atoms with van der Waals surface area (Å²) in [5.74, 6) is -0.903. The van der Waals surface area contributed by atoms with Crippen LogP contribution in [0.25, 0.3) is 16.5 Å². The van der Waals surface area contributed by atoms with Gasteiger partial charge in [0.1, 0.15) is 0 Å². The second kappa shape index (κ2) is 11.6. The van der Waals surface area contributed by atoms with Crippen molar-refractivity contribution in [2.45, 2.75) is 85.6 Å². The molecule has 0 saturated heterocycles. The lowest BCUT2D eigenvalue weighted by atomic mass is 9.82. The van der Waals surface area contributed by atoms with Gasteiger partial charge < -0.3 is 14.4 Å². The van der Waals surface area contributed by atoms with E-state index in [1.54, 1.807) is 0 Å². The maximum atomic E-state index is 12.3. The molecule has 0 radical (unpaired) electrons. The van der Waals surface area contributed by atoms with E-state index in [1.807, 2.05) is 39.0 Å². The van der Waals surface area contributed by atoms with Gasteiger partial charge in [-0.3, -0.25) is 0 Å². The van der Waals surface area contributed by atoms with E-state index in [1.165, 1.54) is 12.7 Å². The molecule has 0 unspecified atom stereocenters. The Hall–Kier alpha value is -3.08. The molecule has 1 aliphatic heterocycles. The molecule has 0 bridgehead atoms. The Balaban J connectivity index is 0.00000167. The van der Waals surface area contributed by atoms with Crippen molar-refractivity contribution < 1.29 is 19.4 Å². The zero-order chi connectivity index (χ0) is 25.7. The van der Waals surface area contributed by atoms with Crippen LogP contribution in [0.2, 0.25) is 0 Å². The van der Waals surface area contributed by atoms with E-state index in [0.29, 0.717) is 17.1 Å². The van der Waals surface area contributed by atoms with Crippen LogP contribution in [-0.4, -0.2) is 28.7 Å². The van der Waals surface area contributed by atoms with Gasteiger partial charge in [-0.05, 0) is 67.4 Å². The fourth-order valence-corrected chi connectivity index (χ4v) is 5.54. The number of hydrogen-bond acceptors (Lipinski definition) is 3. The standard InChI is InChI=1S/C28H33NO4.C2H6/c1-5-9-18(10-6-2)25-22-14-13-19(28(32)33-4)15-24(22)29-16-23(27(30)31)17(3)20-11-7-8-12-21(20)26(25)29;1-2/h11-15,18H,5-10,16H2,1-4H3,(H,30,31);1-2H3. The number of nitrogens with zero attached hydrogens (tertiary/aromatic N) is 1. The van der Waals surface area contributed by atoms with Crippen LogP contribution in [0.15, 0.2) is 47.1 Å². The van der Waals surface area contributed by atoms with Gasteiger partial charge in [0.15, 0.2) is 0 Å². The Labute approximate surface area is 209 Å². The fraction of sp³-hybridized carbons (Fsp3) is 0.467. The van der Waals surface area contributed by atoms with Gasteiger partial charge in [0.05, 0.1) is 30.5 Å². The van der Waals surface area contributed by atoms with Crippen molar-refractivity contribution in [1.29, 1.82) is 0 Å². The first-order valence-corrected chi connectivity index (χ1v) is 13.0. The monoisotopic (exact) mass is 477 g/mol. The number of hydrogen-bond donors (Lipinski definition) is 1. The Morgan fingerprint density at radius 1 is 1.06 bits per heavy atom. The SMILES string of the molecule is CC.CCCC(CCC)c1c2n(c3cc(C(=O)OC)ccc13)CC(C(=O)O)=C(C)C1=CCCC=C12. The van der Waals surface area contributed by atoms with Crippen molar-refractivity contribution in [3.05, 3.63) is 63.9 Å². The van der Waals surface area contributed by atoms with Crippen molar-refractivity contribution >= 4 is 28.4 Å². The first-order valence-electron chi connectivity index (χ1n) is 13.0. The molecule has 2 aromatic rings. The number of benzene rings is 1. The molecule has 1 N–H and O–H groups in total. The fourth-order valence-electron chi connectivity index (χ4n) is 5.54. The second-order valence-electron chi connectivity index (χ2n) is 9.07. The van der Waals surface area contributed by atoms with Gasteiger partial charge in [-0.2, -0.15) is 0 Å². The van der Waals surface area contributed by atoms with E-state index >= 15 is 0 Å². The molecule has 0 amide bonds. The zero-order valence-corrected chi connectivity index (χ0v) is 22.0. The van der Waals surface area contributed by atoms with Crippen LogP contribution in [0, 0.1) is 0 Å². The third-order valence-electron chi connectivity index (χ3n) is 7.05. The Kier molecular flexibility index (Phi) is 8.76. The number of carboxylic acid groups (broad SMARTS) is 1. The smallest absolute Gasteiger partial charge is 0.337 e. The number of methoxy groups -OCH3 is 1. The largest absolute Gasteiger partial charge is 0.478 e. The van der Waals surface area contributed by atoms with E-state index in [0.717, 1.165) is 71.8 Å². The van der Waals surface area contributed by atoms with Crippen molar-refractivity contribution in [3.63, 3.8) is 0 Å². The summed E-state index contributed by atoms with van der Waals surface area (Å²) in [5.41, 5.74) is 7.22. The van der Waals surface area contributed by atoms with Gasteiger partial charge in [-0.15, -0.1) is 0 Å². The minimum atomic E-state index is -0.891. The number of aliphatic carboxylic acids is 1. The Morgan fingerprint density at radius 2 is 1.69 bits per heavy atom. The first-order chi connectivity index (χ1) is 16.9. The van der Waals surface area contributed by atoms with E-state index in [-0.39, 0.29) is 12.5 Å². The van der Waals surface area contributed by atoms with Crippen LogP contribution in [0.3, 0.4) is 0 Å². The highest BCUT2D eigenvalue weighted by Crippen LogP contribution is 2.46. The quantitative estimate of drug-likeness (QED) is 0.416. The molecule has 0 atom stereocenters. The number of carboxylic acids is 1. The molecule has 35 heavy (non-hydrogen) atoms. The molecule has 1 aliphatic carbocycles. The van der Waals surface area contributed by atoms with Crippen molar-refractivity contribution in [1.82, 2.24) is 4.57 Å². The van der Waals surface area contributed by atoms with Gasteiger partial charge >= 0.3 is 11.9 Å². The van der Waals surface area contributed by atoms with Crippen LogP contribution in [0.1, 0.15) is 101 Å². The lowest BCUT2D eigenvalue weighted by molar-refractivity contribution is -0.132. The maximum absolute atomic E-state index is 12.3. The number of esters is 1. The molecule has 2 heterocycles. The minimum absolute atomic E-state index is 0.275. The maximum Gasteiger partial charge on any atom is 0.337 e. The van der Waals surface area contributed by atoms with E-state index in [9.17, 15) is 14.7 Å². The predicted molar refractivity (Wildman–Crippen MR) is 143 cm³/mol. The summed E-state index contributed by atoms with van der Waals surface area (Å²) in [7, 11) is 1.38. The molecular weight excluding hydrogens is 438 g/mol. The van der Waals surface area contributed by atoms with Gasteiger partial charge in [-0.25, -0.2) is 9.59 Å². The van der Waals surface area contributed by atoms with E-state index in [4.69, 9.17) is 4.74 Å². The molecule has 0 fully saturated rings. The summed E-state index contributed by atoms with van der Waals surface area (Å²) in [5, 5.41) is 11.2. The average Bonchev–Trinajstić information content (AvgIpc) is 3.13. The molecule has 188 valence electrons. The number of carbonyl (C=O) groups excluding carboxylic acids is 1. The highest BCUT2D eigenvalue weighted by Gasteiger charge is 2.32. The zero-order valence-electron chi connectivity index (χ0n) is 22.0. The van der Waals surface area contributed by atoms with Gasteiger partial charge in [0, 0.05) is 16.5 Å². The molecule has 1 aromatic carbocycles. The summed E-state index contributed by atoms with van der Waals surface area (Å²) in [4.78, 5) is 24.6. The lowest BCUT2D eigenvalue weighted by Crippen LogP contribution is -2.11. The van der Waals surface area contributed by atoms with Crippen molar-refractivity contribution in [2.75, 3.05) is 7.11 Å². The molecular formula is C30H39NO4. The Bertz CT molecular complexity index is 1200. The van der Waals surface area contributed by atoms with Gasteiger partial charge in [0.2, 0.25) is 0 Å². The molecule has 4 rings (SSSR count). The average molecular weight is 478 g/mol. The number of rotatable bonds is 7. The van der Waals surface area contributed by atoms with Gasteiger partial charge in [-0.1, -0.05) is 58.8 Å². The first kappa shape index (κ1) is 26.5. The third kappa shape index (κ3) is 4.86. The van der Waals surface area contributed by atoms with Crippen molar-refractivity contribution in [3.8, 4) is 0 Å². The van der Waals surface area contributed by atoms with E-state index < -0.39 is 5.97 Å². The number of fused-ring (bicyclic) bond motifs is 5. The highest BCUT2D eigenvalue weighted by molar-refractivity contribution is 6.02. The molecule has 5 nitrogen and oxygen atoms in total. The van der Waals surface area contributed by atoms with Crippen LogP contribution in [0.4, 0.5) is 0 Å². The predicted octanol–water partition coefficient (Wildman–Crippen LogP) is 7.66. The van der Waals surface area contributed by atoms with Crippen LogP contribution in [0.5, 0.6) is 0 Å². The van der Waals surface area contributed by atoms with Gasteiger partial charge in [0.25, 0.3) is 0 Å². The second-order valence-corrected chi connectivity index (χ2v) is 9.07. The normalized spacial score (nSPS) is 14.9. The summed E-state index contributed by atoms with van der Waals surface area (Å²) in [6, 6.07) is 5.73. The third-order valence-corrected chi connectivity index (χ3v) is 7.05. The summed E-state index contributed by atoms with van der Waals surface area (Å²) in [6.45, 7) is 10.6. The summed E-state index contributed by atoms with van der Waals surface area (Å²) < 4.78 is 7.11. The molecule has 0 spiro atoms. The number of allylic oxidation sites excluding steroid dienone is 5. The minimum Gasteiger partial charge on any atom is -0.478 e. The molecule has 5 heteroatoms. The summed E-state index contributed by atoms with van der Waals surface area (Å²) >= 11 is 0. The van der Waals surface area contributed by atoms with Crippen LogP contribution < -0.4 is 0 Å². The Morgan fingerprint density at radius 3 is 2.26 bits per heavy atom. The topological polar surface area (TPSA) is 68.5 Å². The number of ether oxygens (including phenoxy) is 1. The molecule has 2 aliphatic rings. The van der Waals surface area contributed by atoms with Crippen molar-refractivity contribution in [2.24, 2.45) is 0 Å². The van der Waals surface area contributed by atoms with Crippen LogP contribution >= 0.6 is 0 Å². The molecule has 1 aromatic heterocycles. The van der Waals surface area contributed by atoms with E-state index in [2.05, 4.69) is 30.6 Å². The van der Waals surface area contributed by atoms with Crippen LogP contribution in [-0.2, 0) is 16.1 Å².